The van der Waals surface area contributed by atoms with Crippen LogP contribution in [0.4, 0.5) is 0 Å². The van der Waals surface area contributed by atoms with Crippen LogP contribution < -0.4 is 0 Å². The molecule has 3 heterocycles. The Morgan fingerprint density at radius 1 is 1.33 bits per heavy atom. The van der Waals surface area contributed by atoms with Crippen molar-refractivity contribution in [3.8, 4) is 0 Å². The van der Waals surface area contributed by atoms with Crippen LogP contribution in [0.3, 0.4) is 0 Å². The van der Waals surface area contributed by atoms with Gasteiger partial charge in [-0.05, 0) is 13.0 Å². The van der Waals surface area contributed by atoms with E-state index in [-0.39, 0.29) is 17.8 Å². The second kappa shape index (κ2) is 6.08. The predicted molar refractivity (Wildman–Crippen MR) is 78.2 cm³/mol. The Labute approximate surface area is 125 Å². The molecule has 0 spiro atoms. The zero-order valence-corrected chi connectivity index (χ0v) is 13.1. The summed E-state index contributed by atoms with van der Waals surface area (Å²) in [6.45, 7) is 5.98. The average Bonchev–Trinajstić information content (AvgIpc) is 3.06. The standard InChI is InChI=1S/C14H22N2O4S/c1-2-21(17,18)16-9-13-8-15(4-6-20-14(13)10-16)7-12-3-5-19-11-12/h3,5,11,13-14H,2,4,6-10H2,1H3/t13-,14-/m0/s1. The fourth-order valence-corrected chi connectivity index (χ4v) is 4.28. The van der Waals surface area contributed by atoms with Crippen LogP contribution in [0.5, 0.6) is 0 Å². The quantitative estimate of drug-likeness (QED) is 0.821. The highest BCUT2D eigenvalue weighted by molar-refractivity contribution is 7.89. The minimum atomic E-state index is -3.12. The summed E-state index contributed by atoms with van der Waals surface area (Å²) >= 11 is 0. The third-order valence-corrected chi connectivity index (χ3v) is 6.14. The van der Waals surface area contributed by atoms with Crippen LogP contribution in [-0.2, 0) is 21.3 Å². The second-order valence-electron chi connectivity index (χ2n) is 5.75. The predicted octanol–water partition coefficient (Wildman–Crippen LogP) is 0.762. The van der Waals surface area contributed by atoms with Gasteiger partial charge >= 0.3 is 0 Å². The Morgan fingerprint density at radius 3 is 2.90 bits per heavy atom. The summed E-state index contributed by atoms with van der Waals surface area (Å²) in [6.07, 6.45) is 3.46. The van der Waals surface area contributed by atoms with Gasteiger partial charge in [0.1, 0.15) is 0 Å². The monoisotopic (exact) mass is 314 g/mol. The molecule has 0 bridgehead atoms. The molecule has 2 atom stereocenters. The van der Waals surface area contributed by atoms with Crippen molar-refractivity contribution in [2.45, 2.75) is 19.6 Å². The van der Waals surface area contributed by atoms with Gasteiger partial charge in [0.15, 0.2) is 0 Å². The Hall–Kier alpha value is -0.890. The summed E-state index contributed by atoms with van der Waals surface area (Å²) in [5.74, 6) is 0.409. The largest absolute Gasteiger partial charge is 0.472 e. The lowest BCUT2D eigenvalue weighted by Gasteiger charge is -2.22. The molecule has 0 N–H and O–H groups in total. The van der Waals surface area contributed by atoms with E-state index < -0.39 is 10.0 Å². The van der Waals surface area contributed by atoms with Gasteiger partial charge in [-0.3, -0.25) is 4.90 Å². The summed E-state index contributed by atoms with van der Waals surface area (Å²) in [6, 6.07) is 1.96. The van der Waals surface area contributed by atoms with E-state index in [0.717, 1.165) is 25.2 Å². The molecule has 2 saturated heterocycles. The summed E-state index contributed by atoms with van der Waals surface area (Å²) in [5, 5.41) is 0. The number of ether oxygens (including phenoxy) is 1. The van der Waals surface area contributed by atoms with Crippen molar-refractivity contribution < 1.29 is 17.6 Å². The number of hydrogen-bond donors (Lipinski definition) is 0. The van der Waals surface area contributed by atoms with E-state index in [2.05, 4.69) is 4.90 Å². The van der Waals surface area contributed by atoms with Gasteiger partial charge in [-0.25, -0.2) is 8.42 Å². The molecule has 2 aliphatic rings. The van der Waals surface area contributed by atoms with Gasteiger partial charge in [-0.1, -0.05) is 0 Å². The molecule has 0 aliphatic carbocycles. The Kier molecular flexibility index (Phi) is 4.35. The van der Waals surface area contributed by atoms with Crippen molar-refractivity contribution in [3.63, 3.8) is 0 Å². The van der Waals surface area contributed by atoms with E-state index in [1.807, 2.05) is 6.07 Å². The topological polar surface area (TPSA) is 63.0 Å². The van der Waals surface area contributed by atoms with Gasteiger partial charge in [0.25, 0.3) is 0 Å². The molecule has 7 heteroatoms. The highest BCUT2D eigenvalue weighted by Crippen LogP contribution is 2.26. The Bertz CT molecular complexity index is 558. The van der Waals surface area contributed by atoms with Crippen molar-refractivity contribution in [1.82, 2.24) is 9.21 Å². The zero-order chi connectivity index (χ0) is 14.9. The van der Waals surface area contributed by atoms with Crippen molar-refractivity contribution in [1.29, 1.82) is 0 Å². The molecule has 2 aliphatic heterocycles. The highest BCUT2D eigenvalue weighted by atomic mass is 32.2. The molecule has 0 radical (unpaired) electrons. The van der Waals surface area contributed by atoms with Crippen LogP contribution in [-0.4, -0.2) is 62.3 Å². The maximum absolute atomic E-state index is 12.0. The first kappa shape index (κ1) is 15.0. The van der Waals surface area contributed by atoms with Crippen molar-refractivity contribution >= 4 is 10.0 Å². The number of furan rings is 1. The fourth-order valence-electron chi connectivity index (χ4n) is 3.12. The molecule has 0 saturated carbocycles. The van der Waals surface area contributed by atoms with Crippen LogP contribution >= 0.6 is 0 Å². The van der Waals surface area contributed by atoms with Gasteiger partial charge in [0.2, 0.25) is 10.0 Å². The van der Waals surface area contributed by atoms with Crippen molar-refractivity contribution in [3.05, 3.63) is 24.2 Å². The molecule has 118 valence electrons. The van der Waals surface area contributed by atoms with E-state index >= 15 is 0 Å². The lowest BCUT2D eigenvalue weighted by atomic mass is 10.1. The SMILES string of the molecule is CCS(=O)(=O)N1C[C@@H]2CN(Cc3ccoc3)CCO[C@H]2C1. The summed E-state index contributed by atoms with van der Waals surface area (Å²) < 4.78 is 36.6. The van der Waals surface area contributed by atoms with Gasteiger partial charge < -0.3 is 9.15 Å². The molecule has 1 aromatic heterocycles. The number of nitrogens with zero attached hydrogens (tertiary/aromatic N) is 2. The molecule has 2 fully saturated rings. The van der Waals surface area contributed by atoms with Crippen LogP contribution in [0.2, 0.25) is 0 Å². The van der Waals surface area contributed by atoms with Gasteiger partial charge in [0.05, 0.1) is 31.0 Å². The molecule has 0 aromatic carbocycles. The van der Waals surface area contributed by atoms with Crippen LogP contribution in [0.1, 0.15) is 12.5 Å². The fraction of sp³-hybridized carbons (Fsp3) is 0.714. The van der Waals surface area contributed by atoms with Gasteiger partial charge in [-0.2, -0.15) is 4.31 Å². The average molecular weight is 314 g/mol. The maximum Gasteiger partial charge on any atom is 0.213 e. The van der Waals surface area contributed by atoms with Gasteiger partial charge in [-0.15, -0.1) is 0 Å². The molecule has 0 unspecified atom stereocenters. The lowest BCUT2D eigenvalue weighted by molar-refractivity contribution is 0.0546. The van der Waals surface area contributed by atoms with Crippen LogP contribution in [0.25, 0.3) is 0 Å². The van der Waals surface area contributed by atoms with Crippen LogP contribution in [0.15, 0.2) is 23.0 Å². The second-order valence-corrected chi connectivity index (χ2v) is 8.01. The number of rotatable bonds is 4. The van der Waals surface area contributed by atoms with Gasteiger partial charge in [0, 0.05) is 44.2 Å². The van der Waals surface area contributed by atoms with E-state index in [4.69, 9.17) is 9.15 Å². The Morgan fingerprint density at radius 2 is 2.19 bits per heavy atom. The number of fused-ring (bicyclic) bond motifs is 1. The molecule has 3 rings (SSSR count). The molecule has 0 amide bonds. The molecule has 21 heavy (non-hydrogen) atoms. The molecule has 6 nitrogen and oxygen atoms in total. The van der Waals surface area contributed by atoms with E-state index in [9.17, 15) is 8.42 Å². The summed E-state index contributed by atoms with van der Waals surface area (Å²) in [4.78, 5) is 2.32. The van der Waals surface area contributed by atoms with E-state index in [0.29, 0.717) is 19.7 Å². The summed E-state index contributed by atoms with van der Waals surface area (Å²) in [5.41, 5.74) is 1.14. The smallest absolute Gasteiger partial charge is 0.213 e. The minimum Gasteiger partial charge on any atom is -0.472 e. The first-order valence-electron chi connectivity index (χ1n) is 7.41. The molecular formula is C14H22N2O4S. The molecular weight excluding hydrogens is 292 g/mol. The maximum atomic E-state index is 12.0. The third kappa shape index (κ3) is 3.31. The van der Waals surface area contributed by atoms with E-state index in [1.165, 1.54) is 0 Å². The first-order chi connectivity index (χ1) is 10.1. The van der Waals surface area contributed by atoms with Crippen molar-refractivity contribution in [2.24, 2.45) is 5.92 Å². The Balaban J connectivity index is 1.65. The van der Waals surface area contributed by atoms with Crippen LogP contribution in [0, 0.1) is 5.92 Å². The number of sulfonamides is 1. The lowest BCUT2D eigenvalue weighted by Crippen LogP contribution is -2.34. The third-order valence-electron chi connectivity index (χ3n) is 4.32. The van der Waals surface area contributed by atoms with E-state index in [1.54, 1.807) is 23.8 Å². The normalized spacial score (nSPS) is 28.4. The number of hydrogen-bond acceptors (Lipinski definition) is 5. The van der Waals surface area contributed by atoms with Crippen molar-refractivity contribution in [2.75, 3.05) is 38.5 Å². The highest BCUT2D eigenvalue weighted by Gasteiger charge is 2.40. The zero-order valence-electron chi connectivity index (χ0n) is 12.3. The molecule has 1 aromatic rings. The minimum absolute atomic E-state index is 0.0284. The first-order valence-corrected chi connectivity index (χ1v) is 9.02. The summed E-state index contributed by atoms with van der Waals surface area (Å²) in [7, 11) is -3.12.